The number of hydrogen-bond donors (Lipinski definition) is 1. The second-order valence-electron chi connectivity index (χ2n) is 5.25. The molecule has 1 fully saturated rings. The van der Waals surface area contributed by atoms with Gasteiger partial charge in [-0.25, -0.2) is 8.78 Å². The summed E-state index contributed by atoms with van der Waals surface area (Å²) in [6, 6.07) is 3.52. The number of nitrogens with one attached hydrogen (secondary N) is 1. The van der Waals surface area contributed by atoms with E-state index in [4.69, 9.17) is 4.74 Å². The van der Waals surface area contributed by atoms with Gasteiger partial charge in [0.15, 0.2) is 0 Å². The van der Waals surface area contributed by atoms with Crippen molar-refractivity contribution in [2.45, 2.75) is 25.3 Å². The fourth-order valence-corrected chi connectivity index (χ4v) is 2.39. The highest BCUT2D eigenvalue weighted by atomic mass is 19.1. The second kappa shape index (κ2) is 7.47. The number of amides is 1. The standard InChI is InChI=1S/C15H20F2N2O2/c1-19(12-5-8-21-9-6-12)7-4-15(20)18-14-3-2-11(16)10-13(14)17/h2-3,10,12H,4-9H2,1H3,(H,18,20). The number of nitrogens with zero attached hydrogens (tertiary/aromatic N) is 1. The van der Waals surface area contributed by atoms with Gasteiger partial charge < -0.3 is 15.0 Å². The molecule has 1 aromatic carbocycles. The summed E-state index contributed by atoms with van der Waals surface area (Å²) in [5, 5.41) is 2.46. The smallest absolute Gasteiger partial charge is 0.225 e. The summed E-state index contributed by atoms with van der Waals surface area (Å²) >= 11 is 0. The number of halogens is 2. The minimum atomic E-state index is -0.763. The lowest BCUT2D eigenvalue weighted by molar-refractivity contribution is -0.116. The maximum absolute atomic E-state index is 13.4. The third-order valence-electron chi connectivity index (χ3n) is 3.71. The first-order chi connectivity index (χ1) is 10.1. The minimum Gasteiger partial charge on any atom is -0.381 e. The normalized spacial score (nSPS) is 16.2. The largest absolute Gasteiger partial charge is 0.381 e. The van der Waals surface area contributed by atoms with Crippen LogP contribution in [0.25, 0.3) is 0 Å². The molecule has 1 heterocycles. The van der Waals surface area contributed by atoms with Crippen LogP contribution in [0.2, 0.25) is 0 Å². The van der Waals surface area contributed by atoms with Crippen LogP contribution in [0.1, 0.15) is 19.3 Å². The molecule has 1 saturated heterocycles. The number of carbonyl (C=O) groups excluding carboxylic acids is 1. The Morgan fingerprint density at radius 1 is 1.38 bits per heavy atom. The highest BCUT2D eigenvalue weighted by Gasteiger charge is 2.19. The fourth-order valence-electron chi connectivity index (χ4n) is 2.39. The molecular weight excluding hydrogens is 278 g/mol. The first-order valence-electron chi connectivity index (χ1n) is 7.09. The summed E-state index contributed by atoms with van der Waals surface area (Å²) < 4.78 is 31.5. The van der Waals surface area contributed by atoms with E-state index in [2.05, 4.69) is 10.2 Å². The van der Waals surface area contributed by atoms with Gasteiger partial charge in [-0.2, -0.15) is 0 Å². The van der Waals surface area contributed by atoms with E-state index < -0.39 is 11.6 Å². The summed E-state index contributed by atoms with van der Waals surface area (Å²) in [6.07, 6.45) is 2.19. The van der Waals surface area contributed by atoms with Gasteiger partial charge in [-0.15, -0.1) is 0 Å². The van der Waals surface area contributed by atoms with Crippen LogP contribution in [0.4, 0.5) is 14.5 Å². The Morgan fingerprint density at radius 3 is 2.76 bits per heavy atom. The van der Waals surface area contributed by atoms with Crippen molar-refractivity contribution in [1.82, 2.24) is 4.90 Å². The number of hydrogen-bond acceptors (Lipinski definition) is 3. The molecular formula is C15H20F2N2O2. The predicted octanol–water partition coefficient (Wildman–Crippen LogP) is 2.40. The van der Waals surface area contributed by atoms with E-state index in [0.717, 1.165) is 38.2 Å². The molecule has 1 aliphatic rings. The monoisotopic (exact) mass is 298 g/mol. The molecule has 0 aliphatic carbocycles. The SMILES string of the molecule is CN(CCC(=O)Nc1ccc(F)cc1F)C1CCOCC1. The lowest BCUT2D eigenvalue weighted by Gasteiger charge is -2.30. The van der Waals surface area contributed by atoms with Gasteiger partial charge in [-0.3, -0.25) is 4.79 Å². The van der Waals surface area contributed by atoms with Gasteiger partial charge in [-0.1, -0.05) is 0 Å². The zero-order valence-corrected chi connectivity index (χ0v) is 12.1. The molecule has 0 radical (unpaired) electrons. The number of anilines is 1. The molecule has 0 saturated carbocycles. The van der Waals surface area contributed by atoms with Crippen molar-refractivity contribution in [3.8, 4) is 0 Å². The summed E-state index contributed by atoms with van der Waals surface area (Å²) in [5.74, 6) is -1.70. The molecule has 1 N–H and O–H groups in total. The van der Waals surface area contributed by atoms with Crippen molar-refractivity contribution in [3.63, 3.8) is 0 Å². The zero-order valence-electron chi connectivity index (χ0n) is 12.1. The van der Waals surface area contributed by atoms with Gasteiger partial charge >= 0.3 is 0 Å². The summed E-state index contributed by atoms with van der Waals surface area (Å²) in [6.45, 7) is 2.10. The van der Waals surface area contributed by atoms with Crippen molar-refractivity contribution in [1.29, 1.82) is 0 Å². The topological polar surface area (TPSA) is 41.6 Å². The van der Waals surface area contributed by atoms with Crippen molar-refractivity contribution < 1.29 is 18.3 Å². The van der Waals surface area contributed by atoms with Crippen LogP contribution in [-0.2, 0) is 9.53 Å². The Labute approximate surface area is 123 Å². The summed E-state index contributed by atoms with van der Waals surface area (Å²) in [4.78, 5) is 13.9. The van der Waals surface area contributed by atoms with E-state index in [-0.39, 0.29) is 18.0 Å². The van der Waals surface area contributed by atoms with Crippen molar-refractivity contribution in [2.75, 3.05) is 32.1 Å². The highest BCUT2D eigenvalue weighted by Crippen LogP contribution is 2.16. The molecule has 116 valence electrons. The van der Waals surface area contributed by atoms with E-state index in [1.807, 2.05) is 7.05 Å². The molecule has 21 heavy (non-hydrogen) atoms. The number of rotatable bonds is 5. The summed E-state index contributed by atoms with van der Waals surface area (Å²) in [7, 11) is 1.97. The molecule has 0 spiro atoms. The minimum absolute atomic E-state index is 0.00937. The van der Waals surface area contributed by atoms with Gasteiger partial charge in [0.05, 0.1) is 5.69 Å². The number of ether oxygens (including phenoxy) is 1. The van der Waals surface area contributed by atoms with E-state index in [9.17, 15) is 13.6 Å². The molecule has 4 nitrogen and oxygen atoms in total. The van der Waals surface area contributed by atoms with Gasteiger partial charge in [0.1, 0.15) is 11.6 Å². The van der Waals surface area contributed by atoms with Crippen LogP contribution in [0.15, 0.2) is 18.2 Å². The lowest BCUT2D eigenvalue weighted by atomic mass is 10.1. The van der Waals surface area contributed by atoms with Crippen molar-refractivity contribution >= 4 is 11.6 Å². The molecule has 1 amide bonds. The quantitative estimate of drug-likeness (QED) is 0.907. The zero-order chi connectivity index (χ0) is 15.2. The van der Waals surface area contributed by atoms with Gasteiger partial charge in [0, 0.05) is 38.3 Å². The predicted molar refractivity (Wildman–Crippen MR) is 76.1 cm³/mol. The molecule has 1 aliphatic heterocycles. The average Bonchev–Trinajstić information content (AvgIpc) is 2.48. The molecule has 2 rings (SSSR count). The number of benzene rings is 1. The Hall–Kier alpha value is -1.53. The van der Waals surface area contributed by atoms with Gasteiger partial charge in [0.2, 0.25) is 5.91 Å². The third kappa shape index (κ3) is 4.75. The first-order valence-corrected chi connectivity index (χ1v) is 7.09. The summed E-state index contributed by atoms with van der Waals surface area (Å²) in [5.41, 5.74) is 0.00937. The van der Waals surface area contributed by atoms with Crippen molar-refractivity contribution in [2.24, 2.45) is 0 Å². The average molecular weight is 298 g/mol. The van der Waals surface area contributed by atoms with E-state index in [1.165, 1.54) is 6.07 Å². The van der Waals surface area contributed by atoms with E-state index >= 15 is 0 Å². The molecule has 0 aromatic heterocycles. The maximum atomic E-state index is 13.4. The van der Waals surface area contributed by atoms with Gasteiger partial charge in [-0.05, 0) is 32.0 Å². The van der Waals surface area contributed by atoms with Crippen LogP contribution in [-0.4, -0.2) is 43.7 Å². The Kier molecular flexibility index (Phi) is 5.64. The Morgan fingerprint density at radius 2 is 2.10 bits per heavy atom. The molecule has 0 unspecified atom stereocenters. The van der Waals surface area contributed by atoms with Crippen LogP contribution in [0, 0.1) is 11.6 Å². The maximum Gasteiger partial charge on any atom is 0.225 e. The number of carbonyl (C=O) groups is 1. The molecule has 1 aromatic rings. The third-order valence-corrected chi connectivity index (χ3v) is 3.71. The van der Waals surface area contributed by atoms with Crippen LogP contribution < -0.4 is 5.32 Å². The molecule has 6 heteroatoms. The Bertz CT molecular complexity index is 491. The lowest BCUT2D eigenvalue weighted by Crippen LogP contribution is -2.38. The highest BCUT2D eigenvalue weighted by molar-refractivity contribution is 5.90. The van der Waals surface area contributed by atoms with E-state index in [0.29, 0.717) is 12.6 Å². The molecule has 0 atom stereocenters. The van der Waals surface area contributed by atoms with Crippen LogP contribution >= 0.6 is 0 Å². The van der Waals surface area contributed by atoms with Crippen LogP contribution in [0.3, 0.4) is 0 Å². The second-order valence-corrected chi connectivity index (χ2v) is 5.25. The van der Waals surface area contributed by atoms with Crippen LogP contribution in [0.5, 0.6) is 0 Å². The fraction of sp³-hybridized carbons (Fsp3) is 0.533. The molecule has 0 bridgehead atoms. The Balaban J connectivity index is 1.78. The van der Waals surface area contributed by atoms with Crippen molar-refractivity contribution in [3.05, 3.63) is 29.8 Å². The first kappa shape index (κ1) is 15.9. The van der Waals surface area contributed by atoms with E-state index in [1.54, 1.807) is 0 Å². The van der Waals surface area contributed by atoms with Gasteiger partial charge in [0.25, 0.3) is 0 Å².